The van der Waals surface area contributed by atoms with E-state index in [0.29, 0.717) is 0 Å². The summed E-state index contributed by atoms with van der Waals surface area (Å²) in [7, 11) is 0. The summed E-state index contributed by atoms with van der Waals surface area (Å²) in [6, 6.07) is 5.97. The Balaban J connectivity index is 2.32. The number of thioether (sulfide) groups is 1. The molecule has 112 valence electrons. The van der Waals surface area contributed by atoms with E-state index in [2.05, 4.69) is 14.9 Å². The van der Waals surface area contributed by atoms with Crippen molar-refractivity contribution in [3.05, 3.63) is 24.3 Å². The highest BCUT2D eigenvalue weighted by Gasteiger charge is 2.18. The van der Waals surface area contributed by atoms with Crippen molar-refractivity contribution in [3.8, 4) is 17.1 Å². The molecule has 2 aromatic rings. The number of nitrogen functional groups attached to an aromatic ring is 1. The van der Waals surface area contributed by atoms with Crippen LogP contribution in [0.5, 0.6) is 5.75 Å². The normalized spacial score (nSPS) is 10.8. The summed E-state index contributed by atoms with van der Waals surface area (Å²) in [5, 5.41) is 16.3. The third-order valence-corrected chi connectivity index (χ3v) is 3.26. The van der Waals surface area contributed by atoms with Crippen LogP contribution in [0.25, 0.3) is 11.4 Å². The van der Waals surface area contributed by atoms with E-state index < -0.39 is 12.6 Å². The zero-order valence-corrected chi connectivity index (χ0v) is 11.3. The fraction of sp³-hybridized carbons (Fsp3) is 0.182. The van der Waals surface area contributed by atoms with Crippen molar-refractivity contribution in [2.45, 2.75) is 11.8 Å². The number of carbonyl (C=O) groups is 1. The molecule has 0 aliphatic heterocycles. The maximum atomic E-state index is 12.4. The number of para-hydroxylation sites is 1. The number of halogens is 2. The smallest absolute Gasteiger partial charge is 0.387 e. The topological polar surface area (TPSA) is 103 Å². The van der Waals surface area contributed by atoms with Gasteiger partial charge in [0.1, 0.15) is 5.75 Å². The van der Waals surface area contributed by atoms with Crippen LogP contribution < -0.4 is 10.6 Å². The van der Waals surface area contributed by atoms with E-state index in [0.717, 1.165) is 16.4 Å². The Bertz CT molecular complexity index is 650. The number of carboxylic acid groups (broad SMARTS) is 1. The number of alkyl halides is 2. The number of hydrogen-bond acceptors (Lipinski definition) is 6. The third kappa shape index (κ3) is 3.60. The first-order valence-corrected chi connectivity index (χ1v) is 6.57. The van der Waals surface area contributed by atoms with E-state index in [9.17, 15) is 13.6 Å². The minimum Gasteiger partial charge on any atom is -0.481 e. The summed E-state index contributed by atoms with van der Waals surface area (Å²) in [6.07, 6.45) is 0. The van der Waals surface area contributed by atoms with Gasteiger partial charge in [0.15, 0.2) is 5.82 Å². The molecule has 0 spiro atoms. The van der Waals surface area contributed by atoms with Crippen LogP contribution in [0.4, 0.5) is 8.78 Å². The molecular weight excluding hydrogens is 306 g/mol. The standard InChI is InChI=1S/C11H10F2N4O3S/c12-10(13)20-7-4-2-1-3-6(7)9-15-16-11(17(9)14)21-5-8(18)19/h1-4,10H,5,14H2,(H,18,19). The average molecular weight is 316 g/mol. The summed E-state index contributed by atoms with van der Waals surface area (Å²) < 4.78 is 30.2. The van der Waals surface area contributed by atoms with Gasteiger partial charge in [-0.25, -0.2) is 4.68 Å². The number of hydrogen-bond donors (Lipinski definition) is 2. The number of rotatable bonds is 6. The molecule has 0 bridgehead atoms. The maximum absolute atomic E-state index is 12.4. The first kappa shape index (κ1) is 15.0. The van der Waals surface area contributed by atoms with E-state index in [4.69, 9.17) is 10.9 Å². The third-order valence-electron chi connectivity index (χ3n) is 2.33. The minimum atomic E-state index is -2.99. The van der Waals surface area contributed by atoms with Crippen LogP contribution in [0.15, 0.2) is 29.4 Å². The highest BCUT2D eigenvalue weighted by atomic mass is 32.2. The van der Waals surface area contributed by atoms with E-state index in [1.165, 1.54) is 18.2 Å². The molecule has 1 aromatic heterocycles. The highest BCUT2D eigenvalue weighted by Crippen LogP contribution is 2.30. The molecule has 0 atom stereocenters. The van der Waals surface area contributed by atoms with Gasteiger partial charge in [-0.15, -0.1) is 10.2 Å². The zero-order valence-electron chi connectivity index (χ0n) is 10.4. The largest absolute Gasteiger partial charge is 0.481 e. The Morgan fingerprint density at radius 2 is 2.14 bits per heavy atom. The van der Waals surface area contributed by atoms with Crippen LogP contribution in [0, 0.1) is 0 Å². The van der Waals surface area contributed by atoms with Crippen molar-refractivity contribution >= 4 is 17.7 Å². The van der Waals surface area contributed by atoms with Crippen LogP contribution in [-0.4, -0.2) is 38.3 Å². The molecular formula is C11H10F2N4O3S. The first-order valence-electron chi connectivity index (χ1n) is 5.58. The Labute approximate surface area is 121 Å². The van der Waals surface area contributed by atoms with Gasteiger partial charge in [0.25, 0.3) is 0 Å². The molecule has 0 radical (unpaired) electrons. The van der Waals surface area contributed by atoms with Crippen molar-refractivity contribution in [2.24, 2.45) is 0 Å². The lowest BCUT2D eigenvalue weighted by Gasteiger charge is -2.09. The first-order chi connectivity index (χ1) is 9.99. The average Bonchev–Trinajstić information content (AvgIpc) is 2.77. The lowest BCUT2D eigenvalue weighted by Crippen LogP contribution is -2.13. The molecule has 2 rings (SSSR count). The lowest BCUT2D eigenvalue weighted by molar-refractivity contribution is -0.133. The molecule has 1 heterocycles. The van der Waals surface area contributed by atoms with Crippen molar-refractivity contribution in [3.63, 3.8) is 0 Å². The number of carboxylic acids is 1. The second kappa shape index (κ2) is 6.39. The highest BCUT2D eigenvalue weighted by molar-refractivity contribution is 7.99. The van der Waals surface area contributed by atoms with Gasteiger partial charge in [0, 0.05) is 0 Å². The second-order valence-corrected chi connectivity index (χ2v) is 4.68. The van der Waals surface area contributed by atoms with Gasteiger partial charge in [-0.2, -0.15) is 8.78 Å². The predicted molar refractivity (Wildman–Crippen MR) is 70.6 cm³/mol. The predicted octanol–water partition coefficient (Wildman–Crippen LogP) is 1.44. The van der Waals surface area contributed by atoms with Gasteiger partial charge in [-0.3, -0.25) is 4.79 Å². The number of nitrogens with two attached hydrogens (primary N) is 1. The van der Waals surface area contributed by atoms with Gasteiger partial charge in [0.2, 0.25) is 5.16 Å². The molecule has 0 saturated heterocycles. The van der Waals surface area contributed by atoms with Crippen LogP contribution in [-0.2, 0) is 4.79 Å². The van der Waals surface area contributed by atoms with Gasteiger partial charge in [-0.1, -0.05) is 23.9 Å². The van der Waals surface area contributed by atoms with Crippen LogP contribution >= 0.6 is 11.8 Å². The summed E-state index contributed by atoms with van der Waals surface area (Å²) in [6.45, 7) is -2.99. The van der Waals surface area contributed by atoms with Crippen molar-refractivity contribution in [1.29, 1.82) is 0 Å². The lowest BCUT2D eigenvalue weighted by atomic mass is 10.2. The van der Waals surface area contributed by atoms with Crippen LogP contribution in [0.3, 0.4) is 0 Å². The number of nitrogens with zero attached hydrogens (tertiary/aromatic N) is 3. The molecule has 0 unspecified atom stereocenters. The van der Waals surface area contributed by atoms with Gasteiger partial charge in [-0.05, 0) is 12.1 Å². The Hall–Kier alpha value is -2.36. The SMILES string of the molecule is Nn1c(SCC(=O)O)nnc1-c1ccccc1OC(F)F. The Morgan fingerprint density at radius 1 is 1.43 bits per heavy atom. The summed E-state index contributed by atoms with van der Waals surface area (Å²) in [5.41, 5.74) is 0.231. The number of aliphatic carboxylic acids is 1. The summed E-state index contributed by atoms with van der Waals surface area (Å²) >= 11 is 0.866. The van der Waals surface area contributed by atoms with Crippen molar-refractivity contribution < 1.29 is 23.4 Å². The summed E-state index contributed by atoms with van der Waals surface area (Å²) in [4.78, 5) is 10.5. The fourth-order valence-electron chi connectivity index (χ4n) is 1.54. The number of benzene rings is 1. The molecule has 0 fully saturated rings. The van der Waals surface area contributed by atoms with E-state index >= 15 is 0 Å². The Kier molecular flexibility index (Phi) is 4.58. The van der Waals surface area contributed by atoms with Gasteiger partial charge < -0.3 is 15.7 Å². The second-order valence-electron chi connectivity index (χ2n) is 3.73. The molecule has 0 aliphatic carbocycles. The van der Waals surface area contributed by atoms with Gasteiger partial charge >= 0.3 is 12.6 Å². The van der Waals surface area contributed by atoms with Crippen LogP contribution in [0.1, 0.15) is 0 Å². The molecule has 3 N–H and O–H groups in total. The van der Waals surface area contributed by atoms with Gasteiger partial charge in [0.05, 0.1) is 11.3 Å². The quantitative estimate of drug-likeness (QED) is 0.614. The minimum absolute atomic E-state index is 0.0959. The van der Waals surface area contributed by atoms with Crippen LogP contribution in [0.2, 0.25) is 0 Å². The molecule has 0 amide bonds. The number of ether oxygens (including phenoxy) is 1. The summed E-state index contributed by atoms with van der Waals surface area (Å²) in [5.74, 6) is 4.47. The van der Waals surface area contributed by atoms with Crippen molar-refractivity contribution in [2.75, 3.05) is 11.6 Å². The molecule has 10 heteroatoms. The number of aromatic nitrogens is 3. The monoisotopic (exact) mass is 316 g/mol. The maximum Gasteiger partial charge on any atom is 0.387 e. The fourth-order valence-corrected chi connectivity index (χ4v) is 2.11. The molecule has 21 heavy (non-hydrogen) atoms. The Morgan fingerprint density at radius 3 is 2.81 bits per heavy atom. The van der Waals surface area contributed by atoms with E-state index in [-0.39, 0.29) is 28.0 Å². The molecule has 0 saturated carbocycles. The molecule has 1 aromatic carbocycles. The van der Waals surface area contributed by atoms with E-state index in [1.54, 1.807) is 6.07 Å². The molecule has 0 aliphatic rings. The zero-order chi connectivity index (χ0) is 15.4. The van der Waals surface area contributed by atoms with Crippen molar-refractivity contribution in [1.82, 2.24) is 14.9 Å². The molecule has 7 nitrogen and oxygen atoms in total. The van der Waals surface area contributed by atoms with E-state index in [1.807, 2.05) is 0 Å².